The summed E-state index contributed by atoms with van der Waals surface area (Å²) >= 11 is 0. The van der Waals surface area contributed by atoms with Crippen LogP contribution < -0.4 is 5.32 Å². The molecule has 2 aliphatic rings. The zero-order valence-corrected chi connectivity index (χ0v) is 12.0. The van der Waals surface area contributed by atoms with Crippen LogP contribution in [0.5, 0.6) is 0 Å². The lowest BCUT2D eigenvalue weighted by molar-refractivity contribution is 0.158. The van der Waals surface area contributed by atoms with Gasteiger partial charge in [0.15, 0.2) is 0 Å². The van der Waals surface area contributed by atoms with E-state index in [0.717, 1.165) is 6.04 Å². The van der Waals surface area contributed by atoms with Crippen molar-refractivity contribution in [2.75, 3.05) is 19.6 Å². The molecule has 1 aliphatic carbocycles. The maximum Gasteiger partial charge on any atom is 0.00925 e. The quantitative estimate of drug-likeness (QED) is 0.716. The van der Waals surface area contributed by atoms with E-state index in [0.29, 0.717) is 11.5 Å². The van der Waals surface area contributed by atoms with Crippen molar-refractivity contribution in [3.8, 4) is 0 Å². The van der Waals surface area contributed by atoms with Gasteiger partial charge in [0, 0.05) is 12.1 Å². The van der Waals surface area contributed by atoms with Crippen molar-refractivity contribution in [1.82, 2.24) is 10.2 Å². The van der Waals surface area contributed by atoms with Gasteiger partial charge in [-0.15, -0.1) is 0 Å². The third kappa shape index (κ3) is 3.69. The molecule has 2 heteroatoms. The molecular formula is C15H30N2. The van der Waals surface area contributed by atoms with Crippen molar-refractivity contribution in [3.05, 3.63) is 0 Å². The number of rotatable bonds is 6. The fraction of sp³-hybridized carbons (Fsp3) is 1.00. The van der Waals surface area contributed by atoms with Gasteiger partial charge in [-0.2, -0.15) is 0 Å². The molecule has 100 valence electrons. The van der Waals surface area contributed by atoms with Crippen molar-refractivity contribution in [3.63, 3.8) is 0 Å². The van der Waals surface area contributed by atoms with Crippen molar-refractivity contribution in [2.24, 2.45) is 5.41 Å². The monoisotopic (exact) mass is 238 g/mol. The molecule has 1 saturated carbocycles. The lowest BCUT2D eigenvalue weighted by Gasteiger charge is -2.33. The molecule has 1 heterocycles. The van der Waals surface area contributed by atoms with Gasteiger partial charge in [0.2, 0.25) is 0 Å². The molecule has 0 aromatic carbocycles. The molecule has 1 N–H and O–H groups in total. The highest BCUT2D eigenvalue weighted by molar-refractivity contribution is 4.96. The van der Waals surface area contributed by atoms with E-state index in [1.54, 1.807) is 0 Å². The van der Waals surface area contributed by atoms with Crippen molar-refractivity contribution in [1.29, 1.82) is 0 Å². The average molecular weight is 238 g/mol. The third-order valence-corrected chi connectivity index (χ3v) is 5.10. The predicted molar refractivity (Wildman–Crippen MR) is 74.3 cm³/mol. The first-order valence-electron chi connectivity index (χ1n) is 7.59. The second-order valence-corrected chi connectivity index (χ2v) is 6.56. The molecule has 2 rings (SSSR count). The van der Waals surface area contributed by atoms with E-state index in [1.165, 1.54) is 58.2 Å². The molecule has 2 unspecified atom stereocenters. The number of nitrogens with one attached hydrogen (secondary N) is 1. The molecule has 0 spiro atoms. The standard InChI is InChI=1S/C15H30N2/c1-13-7-4-5-11-17(13)12-6-10-16-14(2)15(3)8-9-15/h13-14,16H,4-12H2,1-3H3. The number of likely N-dealkylation sites (tertiary alicyclic amines) is 1. The Balaban J connectivity index is 1.56. The molecule has 2 atom stereocenters. The first-order valence-corrected chi connectivity index (χ1v) is 7.59. The Morgan fingerprint density at radius 1 is 1.35 bits per heavy atom. The van der Waals surface area contributed by atoms with E-state index < -0.39 is 0 Å². The SMILES string of the molecule is CC1CCCCN1CCCNC(C)C1(C)CC1. The van der Waals surface area contributed by atoms with Gasteiger partial charge < -0.3 is 10.2 Å². The molecule has 0 amide bonds. The second-order valence-electron chi connectivity index (χ2n) is 6.56. The molecule has 0 radical (unpaired) electrons. The third-order valence-electron chi connectivity index (χ3n) is 5.10. The molecule has 1 saturated heterocycles. The van der Waals surface area contributed by atoms with E-state index in [2.05, 4.69) is 31.0 Å². The van der Waals surface area contributed by atoms with Gasteiger partial charge in [0.25, 0.3) is 0 Å². The molecule has 2 fully saturated rings. The Bertz CT molecular complexity index is 235. The van der Waals surface area contributed by atoms with Crippen molar-refractivity contribution < 1.29 is 0 Å². The summed E-state index contributed by atoms with van der Waals surface area (Å²) < 4.78 is 0. The summed E-state index contributed by atoms with van der Waals surface area (Å²) in [7, 11) is 0. The number of piperidine rings is 1. The normalized spacial score (nSPS) is 30.2. The predicted octanol–water partition coefficient (Wildman–Crippen LogP) is 3.03. The van der Waals surface area contributed by atoms with Gasteiger partial charge in [-0.1, -0.05) is 13.3 Å². The van der Waals surface area contributed by atoms with Crippen LogP contribution in [0, 0.1) is 5.41 Å². The molecule has 0 aromatic rings. The molecule has 0 bridgehead atoms. The number of hydrogen-bond acceptors (Lipinski definition) is 2. The van der Waals surface area contributed by atoms with E-state index >= 15 is 0 Å². The maximum atomic E-state index is 3.71. The smallest absolute Gasteiger partial charge is 0.00925 e. The van der Waals surface area contributed by atoms with Crippen LogP contribution in [0.4, 0.5) is 0 Å². The fourth-order valence-corrected chi connectivity index (χ4v) is 2.97. The van der Waals surface area contributed by atoms with Crippen molar-refractivity contribution in [2.45, 2.75) is 71.4 Å². The van der Waals surface area contributed by atoms with Crippen LogP contribution in [0.2, 0.25) is 0 Å². The Morgan fingerprint density at radius 3 is 2.76 bits per heavy atom. The lowest BCUT2D eigenvalue weighted by atomic mass is 10.0. The van der Waals surface area contributed by atoms with Gasteiger partial charge >= 0.3 is 0 Å². The minimum Gasteiger partial charge on any atom is -0.314 e. The highest BCUT2D eigenvalue weighted by Gasteiger charge is 2.41. The highest BCUT2D eigenvalue weighted by atomic mass is 15.2. The Kier molecular flexibility index (Phi) is 4.48. The van der Waals surface area contributed by atoms with E-state index in [4.69, 9.17) is 0 Å². The van der Waals surface area contributed by atoms with E-state index in [-0.39, 0.29) is 0 Å². The summed E-state index contributed by atoms with van der Waals surface area (Å²) in [5.74, 6) is 0. The van der Waals surface area contributed by atoms with E-state index in [9.17, 15) is 0 Å². The first-order chi connectivity index (χ1) is 8.12. The second kappa shape index (κ2) is 5.71. The van der Waals surface area contributed by atoms with Gasteiger partial charge in [-0.05, 0) is 71.0 Å². The van der Waals surface area contributed by atoms with E-state index in [1.807, 2.05) is 0 Å². The minimum atomic E-state index is 0.623. The summed E-state index contributed by atoms with van der Waals surface area (Å²) in [4.78, 5) is 2.68. The van der Waals surface area contributed by atoms with Gasteiger partial charge in [0.05, 0.1) is 0 Å². The molecule has 17 heavy (non-hydrogen) atoms. The van der Waals surface area contributed by atoms with Crippen LogP contribution in [0.1, 0.15) is 59.3 Å². The van der Waals surface area contributed by atoms with Crippen LogP contribution in [0.3, 0.4) is 0 Å². The summed E-state index contributed by atoms with van der Waals surface area (Å²) in [6.45, 7) is 11.0. The van der Waals surface area contributed by atoms with Crippen LogP contribution >= 0.6 is 0 Å². The van der Waals surface area contributed by atoms with Crippen LogP contribution in [0.15, 0.2) is 0 Å². The van der Waals surface area contributed by atoms with Gasteiger partial charge in [-0.25, -0.2) is 0 Å². The molecule has 0 aromatic heterocycles. The lowest BCUT2D eigenvalue weighted by Crippen LogP contribution is -2.40. The topological polar surface area (TPSA) is 15.3 Å². The minimum absolute atomic E-state index is 0.623. The Labute approximate surface area is 107 Å². The number of nitrogens with zero attached hydrogens (tertiary/aromatic N) is 1. The highest BCUT2D eigenvalue weighted by Crippen LogP contribution is 2.47. The van der Waals surface area contributed by atoms with Crippen LogP contribution in [-0.4, -0.2) is 36.6 Å². The largest absolute Gasteiger partial charge is 0.314 e. The Hall–Kier alpha value is -0.0800. The summed E-state index contributed by atoms with van der Waals surface area (Å²) in [6.07, 6.45) is 8.40. The zero-order chi connectivity index (χ0) is 12.3. The Morgan fingerprint density at radius 2 is 2.12 bits per heavy atom. The fourth-order valence-electron chi connectivity index (χ4n) is 2.97. The average Bonchev–Trinajstić information content (AvgIpc) is 3.06. The number of hydrogen-bond donors (Lipinski definition) is 1. The van der Waals surface area contributed by atoms with Gasteiger partial charge in [-0.3, -0.25) is 0 Å². The summed E-state index contributed by atoms with van der Waals surface area (Å²) in [6, 6.07) is 1.53. The molecular weight excluding hydrogens is 208 g/mol. The van der Waals surface area contributed by atoms with Crippen LogP contribution in [-0.2, 0) is 0 Å². The van der Waals surface area contributed by atoms with Gasteiger partial charge in [0.1, 0.15) is 0 Å². The zero-order valence-electron chi connectivity index (χ0n) is 12.0. The van der Waals surface area contributed by atoms with Crippen molar-refractivity contribution >= 4 is 0 Å². The maximum absolute atomic E-state index is 3.71. The summed E-state index contributed by atoms with van der Waals surface area (Å²) in [5.41, 5.74) is 0.623. The van der Waals surface area contributed by atoms with Crippen LogP contribution in [0.25, 0.3) is 0 Å². The molecule has 1 aliphatic heterocycles. The summed E-state index contributed by atoms with van der Waals surface area (Å²) in [5, 5.41) is 3.71. The first kappa shape index (κ1) is 13.4. The molecule has 2 nitrogen and oxygen atoms in total.